The third-order valence-corrected chi connectivity index (χ3v) is 1.59. The first-order chi connectivity index (χ1) is 5.43. The first-order valence-electron chi connectivity index (χ1n) is 4.06. The molecule has 72 valence electrons. The zero-order chi connectivity index (χ0) is 9.72. The van der Waals surface area contributed by atoms with Crippen molar-refractivity contribution in [1.29, 1.82) is 0 Å². The van der Waals surface area contributed by atoms with E-state index in [1.54, 1.807) is 13.8 Å². The summed E-state index contributed by atoms with van der Waals surface area (Å²) in [5.74, 6) is -0.174. The molecule has 0 saturated heterocycles. The van der Waals surface area contributed by atoms with Crippen molar-refractivity contribution in [1.82, 2.24) is 5.32 Å². The number of hydrogen-bond acceptors (Lipinski definition) is 3. The lowest BCUT2D eigenvalue weighted by Gasteiger charge is -2.20. The lowest BCUT2D eigenvalue weighted by molar-refractivity contribution is -0.120. The molecule has 1 amide bonds. The van der Waals surface area contributed by atoms with Gasteiger partial charge in [0.25, 0.3) is 0 Å². The van der Waals surface area contributed by atoms with Gasteiger partial charge in [-0.3, -0.25) is 4.79 Å². The monoisotopic (exact) mass is 175 g/mol. The molecule has 0 saturated carbocycles. The SMILES string of the molecule is CC(=O)NC(C)[C@@H](O)C[C@H](C)O. The van der Waals surface area contributed by atoms with Gasteiger partial charge in [0.15, 0.2) is 0 Å². The molecule has 0 radical (unpaired) electrons. The molecule has 0 spiro atoms. The van der Waals surface area contributed by atoms with Gasteiger partial charge in [-0.25, -0.2) is 0 Å². The number of carbonyl (C=O) groups is 1. The first kappa shape index (κ1) is 11.4. The van der Waals surface area contributed by atoms with Gasteiger partial charge in [-0.2, -0.15) is 0 Å². The number of aliphatic hydroxyl groups excluding tert-OH is 2. The minimum absolute atomic E-state index is 0.174. The summed E-state index contributed by atoms with van der Waals surface area (Å²) in [6, 6.07) is -0.308. The lowest BCUT2D eigenvalue weighted by Crippen LogP contribution is -2.41. The van der Waals surface area contributed by atoms with Gasteiger partial charge in [0.2, 0.25) is 5.91 Å². The van der Waals surface area contributed by atoms with Gasteiger partial charge >= 0.3 is 0 Å². The number of aliphatic hydroxyl groups is 2. The quantitative estimate of drug-likeness (QED) is 0.546. The molecule has 3 N–H and O–H groups in total. The van der Waals surface area contributed by atoms with E-state index in [1.165, 1.54) is 6.92 Å². The van der Waals surface area contributed by atoms with Crippen molar-refractivity contribution < 1.29 is 15.0 Å². The van der Waals surface area contributed by atoms with E-state index in [-0.39, 0.29) is 18.4 Å². The largest absolute Gasteiger partial charge is 0.393 e. The van der Waals surface area contributed by atoms with E-state index >= 15 is 0 Å². The molecule has 0 aromatic carbocycles. The summed E-state index contributed by atoms with van der Waals surface area (Å²) in [5.41, 5.74) is 0. The highest BCUT2D eigenvalue weighted by atomic mass is 16.3. The highest BCUT2D eigenvalue weighted by Crippen LogP contribution is 2.02. The molecule has 0 aliphatic carbocycles. The van der Waals surface area contributed by atoms with Crippen LogP contribution in [0.3, 0.4) is 0 Å². The van der Waals surface area contributed by atoms with Crippen LogP contribution >= 0.6 is 0 Å². The summed E-state index contributed by atoms with van der Waals surface area (Å²) < 4.78 is 0. The third-order valence-electron chi connectivity index (χ3n) is 1.59. The van der Waals surface area contributed by atoms with Gasteiger partial charge in [-0.15, -0.1) is 0 Å². The Balaban J connectivity index is 3.76. The Bertz CT molecular complexity index is 147. The van der Waals surface area contributed by atoms with Crippen molar-refractivity contribution >= 4 is 5.91 Å². The van der Waals surface area contributed by atoms with Gasteiger partial charge in [0, 0.05) is 13.3 Å². The number of nitrogens with one attached hydrogen (secondary N) is 1. The van der Waals surface area contributed by atoms with Crippen LogP contribution < -0.4 is 5.32 Å². The Morgan fingerprint density at radius 1 is 1.42 bits per heavy atom. The average molecular weight is 175 g/mol. The molecule has 4 nitrogen and oxygen atoms in total. The van der Waals surface area contributed by atoms with Crippen molar-refractivity contribution in [2.75, 3.05) is 0 Å². The molecular formula is C8H17NO3. The molecule has 0 aromatic heterocycles. The summed E-state index contributed by atoms with van der Waals surface area (Å²) >= 11 is 0. The second-order valence-electron chi connectivity index (χ2n) is 3.14. The molecule has 0 rings (SSSR count). The average Bonchev–Trinajstić information content (AvgIpc) is 1.84. The highest BCUT2D eigenvalue weighted by Gasteiger charge is 2.16. The maximum atomic E-state index is 10.6. The first-order valence-corrected chi connectivity index (χ1v) is 4.06. The van der Waals surface area contributed by atoms with Crippen LogP contribution in [0.1, 0.15) is 27.2 Å². The van der Waals surface area contributed by atoms with Crippen LogP contribution in [0, 0.1) is 0 Å². The molecule has 4 heteroatoms. The standard InChI is InChI=1S/C8H17NO3/c1-5(10)4-8(12)6(2)9-7(3)11/h5-6,8,10,12H,4H2,1-3H3,(H,9,11)/t5-,6?,8-/m0/s1. The van der Waals surface area contributed by atoms with Gasteiger partial charge in [0.05, 0.1) is 18.2 Å². The fraction of sp³-hybridized carbons (Fsp3) is 0.875. The number of rotatable bonds is 4. The molecule has 0 aliphatic rings. The fourth-order valence-corrected chi connectivity index (χ4v) is 0.970. The predicted octanol–water partition coefficient (Wildman–Crippen LogP) is -0.357. The van der Waals surface area contributed by atoms with E-state index < -0.39 is 12.2 Å². The van der Waals surface area contributed by atoms with E-state index in [9.17, 15) is 9.90 Å². The number of carbonyl (C=O) groups excluding carboxylic acids is 1. The van der Waals surface area contributed by atoms with E-state index in [4.69, 9.17) is 5.11 Å². The van der Waals surface area contributed by atoms with Crippen molar-refractivity contribution in [2.24, 2.45) is 0 Å². The Kier molecular flexibility index (Phi) is 4.85. The Morgan fingerprint density at radius 3 is 2.25 bits per heavy atom. The molecule has 12 heavy (non-hydrogen) atoms. The minimum atomic E-state index is -0.686. The molecule has 3 atom stereocenters. The van der Waals surface area contributed by atoms with Crippen LogP contribution in [0.15, 0.2) is 0 Å². The smallest absolute Gasteiger partial charge is 0.217 e. The van der Waals surface area contributed by atoms with Crippen molar-refractivity contribution in [3.05, 3.63) is 0 Å². The van der Waals surface area contributed by atoms with Crippen LogP contribution in [-0.4, -0.2) is 34.4 Å². The second-order valence-corrected chi connectivity index (χ2v) is 3.14. The van der Waals surface area contributed by atoms with E-state index in [0.717, 1.165) is 0 Å². The van der Waals surface area contributed by atoms with E-state index in [2.05, 4.69) is 5.32 Å². The van der Waals surface area contributed by atoms with Crippen LogP contribution in [0.4, 0.5) is 0 Å². The predicted molar refractivity (Wildman–Crippen MR) is 45.6 cm³/mol. The molecular weight excluding hydrogens is 158 g/mol. The van der Waals surface area contributed by atoms with Gasteiger partial charge < -0.3 is 15.5 Å². The molecule has 1 unspecified atom stereocenters. The van der Waals surface area contributed by atoms with Gasteiger partial charge in [0.1, 0.15) is 0 Å². The Labute approximate surface area is 72.6 Å². The third kappa shape index (κ3) is 5.09. The molecule has 0 bridgehead atoms. The maximum Gasteiger partial charge on any atom is 0.217 e. The summed E-state index contributed by atoms with van der Waals surface area (Å²) in [7, 11) is 0. The number of amides is 1. The summed E-state index contributed by atoms with van der Waals surface area (Å²) in [6.07, 6.45) is -0.952. The van der Waals surface area contributed by atoms with Gasteiger partial charge in [-0.1, -0.05) is 0 Å². The zero-order valence-corrected chi connectivity index (χ0v) is 7.74. The lowest BCUT2D eigenvalue weighted by atomic mass is 10.1. The topological polar surface area (TPSA) is 69.6 Å². The van der Waals surface area contributed by atoms with Crippen LogP contribution in [0.2, 0.25) is 0 Å². The highest BCUT2D eigenvalue weighted by molar-refractivity contribution is 5.73. The van der Waals surface area contributed by atoms with E-state index in [0.29, 0.717) is 0 Å². The summed E-state index contributed by atoms with van der Waals surface area (Å²) in [4.78, 5) is 10.6. The Morgan fingerprint density at radius 2 is 1.92 bits per heavy atom. The summed E-state index contributed by atoms with van der Waals surface area (Å²) in [6.45, 7) is 4.70. The van der Waals surface area contributed by atoms with Gasteiger partial charge in [-0.05, 0) is 13.8 Å². The molecule has 0 heterocycles. The molecule has 0 aliphatic heterocycles. The zero-order valence-electron chi connectivity index (χ0n) is 7.74. The Hall–Kier alpha value is -0.610. The molecule has 0 aromatic rings. The van der Waals surface area contributed by atoms with Crippen molar-refractivity contribution in [3.8, 4) is 0 Å². The van der Waals surface area contributed by atoms with Crippen molar-refractivity contribution in [3.63, 3.8) is 0 Å². The molecule has 0 fully saturated rings. The van der Waals surface area contributed by atoms with Crippen LogP contribution in [0.5, 0.6) is 0 Å². The van der Waals surface area contributed by atoms with E-state index in [1.807, 2.05) is 0 Å². The van der Waals surface area contributed by atoms with Crippen molar-refractivity contribution in [2.45, 2.75) is 45.4 Å². The minimum Gasteiger partial charge on any atom is -0.393 e. The van der Waals surface area contributed by atoms with Crippen LogP contribution in [0.25, 0.3) is 0 Å². The summed E-state index contributed by atoms with van der Waals surface area (Å²) in [5, 5.41) is 20.8. The number of hydrogen-bond donors (Lipinski definition) is 3. The second kappa shape index (κ2) is 5.11. The fourth-order valence-electron chi connectivity index (χ4n) is 0.970. The maximum absolute atomic E-state index is 10.6. The normalized spacial score (nSPS) is 18.1. The van der Waals surface area contributed by atoms with Crippen LogP contribution in [-0.2, 0) is 4.79 Å².